The molecule has 1 aromatic carbocycles. The quantitative estimate of drug-likeness (QED) is 0.885. The molecule has 1 aromatic rings. The molecule has 2 N–H and O–H groups in total. The van der Waals surface area contributed by atoms with Crippen LogP contribution in [-0.2, 0) is 0 Å². The van der Waals surface area contributed by atoms with Gasteiger partial charge in [0.1, 0.15) is 0 Å². The first-order valence-electron chi connectivity index (χ1n) is 8.24. The summed E-state index contributed by atoms with van der Waals surface area (Å²) >= 11 is 0. The highest BCUT2D eigenvalue weighted by molar-refractivity contribution is 5.55. The summed E-state index contributed by atoms with van der Waals surface area (Å²) in [4.78, 5) is 2.52. The third kappa shape index (κ3) is 3.66. The van der Waals surface area contributed by atoms with Crippen molar-refractivity contribution in [3.05, 3.63) is 24.3 Å². The fraction of sp³-hybridized carbons (Fsp3) is 0.647. The Morgan fingerprint density at radius 2 is 1.70 bits per heavy atom. The van der Waals surface area contributed by atoms with E-state index in [-0.39, 0.29) is 0 Å². The number of hydrogen-bond donors (Lipinski definition) is 2. The second kappa shape index (κ2) is 6.98. The summed E-state index contributed by atoms with van der Waals surface area (Å²) in [7, 11) is 0. The first kappa shape index (κ1) is 13.7. The van der Waals surface area contributed by atoms with Crippen molar-refractivity contribution < 1.29 is 0 Å². The van der Waals surface area contributed by atoms with Crippen LogP contribution in [0.15, 0.2) is 24.3 Å². The van der Waals surface area contributed by atoms with Gasteiger partial charge in [0.05, 0.1) is 0 Å². The molecule has 2 saturated heterocycles. The van der Waals surface area contributed by atoms with Crippen molar-refractivity contribution in [3.8, 4) is 0 Å². The minimum absolute atomic E-state index is 0.630. The molecular formula is C17H27N3. The Morgan fingerprint density at radius 1 is 0.900 bits per heavy atom. The molecule has 1 atom stereocenters. The van der Waals surface area contributed by atoms with Crippen molar-refractivity contribution in [2.24, 2.45) is 0 Å². The molecule has 0 radical (unpaired) electrons. The van der Waals surface area contributed by atoms with E-state index in [0.29, 0.717) is 6.04 Å². The molecule has 1 unspecified atom stereocenters. The zero-order valence-corrected chi connectivity index (χ0v) is 12.4. The van der Waals surface area contributed by atoms with Gasteiger partial charge in [0, 0.05) is 30.5 Å². The molecule has 0 aliphatic carbocycles. The number of anilines is 2. The molecular weight excluding hydrogens is 246 g/mol. The van der Waals surface area contributed by atoms with E-state index in [9.17, 15) is 0 Å². The van der Waals surface area contributed by atoms with E-state index in [1.54, 1.807) is 0 Å². The Labute approximate surface area is 122 Å². The Kier molecular flexibility index (Phi) is 4.80. The van der Waals surface area contributed by atoms with Crippen LogP contribution in [0.2, 0.25) is 0 Å². The minimum atomic E-state index is 0.630. The van der Waals surface area contributed by atoms with Crippen LogP contribution in [-0.4, -0.2) is 32.2 Å². The standard InChI is InChI=1S/C17H27N3/c1-2-13-20(14-3-1)17-8-6-16(7-9-17)19-15-5-4-11-18-12-10-15/h6-9,15,18-19H,1-5,10-14H2. The maximum Gasteiger partial charge on any atom is 0.0367 e. The van der Waals surface area contributed by atoms with Crippen LogP contribution < -0.4 is 15.5 Å². The highest BCUT2D eigenvalue weighted by atomic mass is 15.1. The lowest BCUT2D eigenvalue weighted by molar-refractivity contribution is 0.578. The molecule has 3 heteroatoms. The van der Waals surface area contributed by atoms with Crippen LogP contribution in [0.25, 0.3) is 0 Å². The normalized spacial score (nSPS) is 24.2. The molecule has 3 nitrogen and oxygen atoms in total. The van der Waals surface area contributed by atoms with Gasteiger partial charge in [-0.05, 0) is 75.9 Å². The summed E-state index contributed by atoms with van der Waals surface area (Å²) in [6.45, 7) is 4.76. The maximum absolute atomic E-state index is 3.69. The Balaban J connectivity index is 1.57. The number of nitrogens with zero attached hydrogens (tertiary/aromatic N) is 1. The number of nitrogens with one attached hydrogen (secondary N) is 2. The number of hydrogen-bond acceptors (Lipinski definition) is 3. The van der Waals surface area contributed by atoms with Crippen LogP contribution in [0.1, 0.15) is 38.5 Å². The maximum atomic E-state index is 3.69. The molecule has 0 aromatic heterocycles. The second-order valence-electron chi connectivity index (χ2n) is 6.12. The second-order valence-corrected chi connectivity index (χ2v) is 6.12. The van der Waals surface area contributed by atoms with E-state index in [0.717, 1.165) is 6.54 Å². The summed E-state index contributed by atoms with van der Waals surface area (Å²) in [6, 6.07) is 9.70. The minimum Gasteiger partial charge on any atom is -0.382 e. The van der Waals surface area contributed by atoms with Gasteiger partial charge < -0.3 is 15.5 Å². The predicted molar refractivity (Wildman–Crippen MR) is 86.6 cm³/mol. The van der Waals surface area contributed by atoms with Crippen molar-refractivity contribution in [2.75, 3.05) is 36.4 Å². The third-order valence-corrected chi connectivity index (χ3v) is 4.54. The Morgan fingerprint density at radius 3 is 2.50 bits per heavy atom. The Bertz CT molecular complexity index is 387. The monoisotopic (exact) mass is 273 g/mol. The van der Waals surface area contributed by atoms with Crippen molar-refractivity contribution in [3.63, 3.8) is 0 Å². The van der Waals surface area contributed by atoms with E-state index in [2.05, 4.69) is 39.8 Å². The van der Waals surface area contributed by atoms with Crippen LogP contribution in [0.5, 0.6) is 0 Å². The SMILES string of the molecule is c1cc(N2CCCCC2)ccc1NC1CCCNCC1. The summed E-state index contributed by atoms with van der Waals surface area (Å²) in [5.41, 5.74) is 2.66. The highest BCUT2D eigenvalue weighted by Crippen LogP contribution is 2.23. The average Bonchev–Trinajstić information content (AvgIpc) is 2.78. The van der Waals surface area contributed by atoms with Crippen molar-refractivity contribution >= 4 is 11.4 Å². The molecule has 20 heavy (non-hydrogen) atoms. The number of rotatable bonds is 3. The fourth-order valence-electron chi connectivity index (χ4n) is 3.32. The largest absolute Gasteiger partial charge is 0.382 e. The summed E-state index contributed by atoms with van der Waals surface area (Å²) in [6.07, 6.45) is 7.87. The van der Waals surface area contributed by atoms with Gasteiger partial charge in [-0.2, -0.15) is 0 Å². The zero-order valence-electron chi connectivity index (χ0n) is 12.4. The fourth-order valence-corrected chi connectivity index (χ4v) is 3.32. The van der Waals surface area contributed by atoms with Gasteiger partial charge >= 0.3 is 0 Å². The van der Waals surface area contributed by atoms with Crippen LogP contribution >= 0.6 is 0 Å². The molecule has 2 aliphatic heterocycles. The lowest BCUT2D eigenvalue weighted by Crippen LogP contribution is -2.29. The molecule has 0 spiro atoms. The average molecular weight is 273 g/mol. The van der Waals surface area contributed by atoms with Crippen molar-refractivity contribution in [1.82, 2.24) is 5.32 Å². The van der Waals surface area contributed by atoms with E-state index < -0.39 is 0 Å². The molecule has 110 valence electrons. The molecule has 0 saturated carbocycles. The topological polar surface area (TPSA) is 27.3 Å². The van der Waals surface area contributed by atoms with Crippen LogP contribution in [0.4, 0.5) is 11.4 Å². The van der Waals surface area contributed by atoms with Gasteiger partial charge in [-0.25, -0.2) is 0 Å². The summed E-state index contributed by atoms with van der Waals surface area (Å²) in [5, 5.41) is 7.16. The molecule has 2 heterocycles. The summed E-state index contributed by atoms with van der Waals surface area (Å²) in [5.74, 6) is 0. The zero-order chi connectivity index (χ0) is 13.6. The third-order valence-electron chi connectivity index (χ3n) is 4.54. The van der Waals surface area contributed by atoms with Crippen LogP contribution in [0, 0.1) is 0 Å². The molecule has 2 fully saturated rings. The van der Waals surface area contributed by atoms with Gasteiger partial charge in [-0.15, -0.1) is 0 Å². The lowest BCUT2D eigenvalue weighted by Gasteiger charge is -2.29. The van der Waals surface area contributed by atoms with Gasteiger partial charge in [-0.1, -0.05) is 0 Å². The van der Waals surface area contributed by atoms with Crippen molar-refractivity contribution in [1.29, 1.82) is 0 Å². The van der Waals surface area contributed by atoms with Gasteiger partial charge in [0.15, 0.2) is 0 Å². The van der Waals surface area contributed by atoms with E-state index in [4.69, 9.17) is 0 Å². The summed E-state index contributed by atoms with van der Waals surface area (Å²) < 4.78 is 0. The van der Waals surface area contributed by atoms with Gasteiger partial charge in [0.2, 0.25) is 0 Å². The number of piperidine rings is 1. The highest BCUT2D eigenvalue weighted by Gasteiger charge is 2.13. The van der Waals surface area contributed by atoms with Crippen LogP contribution in [0.3, 0.4) is 0 Å². The van der Waals surface area contributed by atoms with Crippen molar-refractivity contribution in [2.45, 2.75) is 44.6 Å². The molecule has 0 bridgehead atoms. The number of benzene rings is 1. The predicted octanol–water partition coefficient (Wildman–Crippen LogP) is 3.23. The van der Waals surface area contributed by atoms with Gasteiger partial charge in [0.25, 0.3) is 0 Å². The molecule has 3 rings (SSSR count). The van der Waals surface area contributed by atoms with Gasteiger partial charge in [-0.3, -0.25) is 0 Å². The van der Waals surface area contributed by atoms with E-state index in [1.165, 1.54) is 69.5 Å². The first-order chi connectivity index (χ1) is 9.92. The molecule has 2 aliphatic rings. The molecule has 0 amide bonds. The van der Waals surface area contributed by atoms with E-state index in [1.807, 2.05) is 0 Å². The first-order valence-corrected chi connectivity index (χ1v) is 8.24. The van der Waals surface area contributed by atoms with E-state index >= 15 is 0 Å². The Hall–Kier alpha value is -1.22. The smallest absolute Gasteiger partial charge is 0.0367 e. The lowest BCUT2D eigenvalue weighted by atomic mass is 10.1.